The molecule has 16 heavy (non-hydrogen) atoms. The summed E-state index contributed by atoms with van der Waals surface area (Å²) in [6.07, 6.45) is 3.39. The van der Waals surface area contributed by atoms with E-state index in [1.807, 2.05) is 18.2 Å². The SMILES string of the molecule is Oc1cccnc1CCc1ccccc1.[Cl-]. The van der Waals surface area contributed by atoms with Gasteiger partial charge in [0.15, 0.2) is 0 Å². The Hall–Kier alpha value is -1.54. The molecule has 0 saturated heterocycles. The minimum absolute atomic E-state index is 0. The fourth-order valence-corrected chi connectivity index (χ4v) is 1.53. The van der Waals surface area contributed by atoms with E-state index in [4.69, 9.17) is 0 Å². The zero-order chi connectivity index (χ0) is 10.5. The van der Waals surface area contributed by atoms with E-state index in [-0.39, 0.29) is 18.2 Å². The third-order valence-corrected chi connectivity index (χ3v) is 2.36. The summed E-state index contributed by atoms with van der Waals surface area (Å²) in [5, 5.41) is 9.53. The summed E-state index contributed by atoms with van der Waals surface area (Å²) in [5.74, 6) is 0.286. The largest absolute Gasteiger partial charge is 1.00 e. The summed E-state index contributed by atoms with van der Waals surface area (Å²) in [6, 6.07) is 13.6. The van der Waals surface area contributed by atoms with Gasteiger partial charge in [-0.2, -0.15) is 0 Å². The van der Waals surface area contributed by atoms with Gasteiger partial charge in [-0.05, 0) is 30.5 Å². The van der Waals surface area contributed by atoms with Gasteiger partial charge in [0.1, 0.15) is 5.75 Å². The Bertz CT molecular complexity index is 431. The van der Waals surface area contributed by atoms with Gasteiger partial charge in [-0.15, -0.1) is 0 Å². The Balaban J connectivity index is 0.00000128. The fourth-order valence-electron chi connectivity index (χ4n) is 1.53. The summed E-state index contributed by atoms with van der Waals surface area (Å²) >= 11 is 0. The molecule has 2 rings (SSSR count). The lowest BCUT2D eigenvalue weighted by Gasteiger charge is -2.02. The fraction of sp³-hybridized carbons (Fsp3) is 0.154. The van der Waals surface area contributed by atoms with Crippen molar-refractivity contribution < 1.29 is 17.5 Å². The zero-order valence-corrected chi connectivity index (χ0v) is 9.56. The molecule has 2 nitrogen and oxygen atoms in total. The molecule has 0 bridgehead atoms. The highest BCUT2D eigenvalue weighted by atomic mass is 35.5. The first-order valence-electron chi connectivity index (χ1n) is 5.03. The van der Waals surface area contributed by atoms with Crippen LogP contribution in [0.25, 0.3) is 0 Å². The zero-order valence-electron chi connectivity index (χ0n) is 8.81. The molecule has 0 atom stereocenters. The number of halogens is 1. The second-order valence-electron chi connectivity index (χ2n) is 3.45. The van der Waals surface area contributed by atoms with Gasteiger partial charge in [-0.25, -0.2) is 0 Å². The van der Waals surface area contributed by atoms with Gasteiger partial charge in [-0.1, -0.05) is 30.3 Å². The molecule has 0 amide bonds. The number of aryl methyl sites for hydroxylation is 2. The molecule has 0 fully saturated rings. The first kappa shape index (κ1) is 12.5. The van der Waals surface area contributed by atoms with Gasteiger partial charge in [-0.3, -0.25) is 4.98 Å². The molecule has 84 valence electrons. The third-order valence-electron chi connectivity index (χ3n) is 2.36. The minimum atomic E-state index is 0. The maximum absolute atomic E-state index is 9.53. The van der Waals surface area contributed by atoms with Crippen LogP contribution in [0.1, 0.15) is 11.3 Å². The van der Waals surface area contributed by atoms with Crippen molar-refractivity contribution in [2.24, 2.45) is 0 Å². The lowest BCUT2D eigenvalue weighted by atomic mass is 10.1. The van der Waals surface area contributed by atoms with E-state index in [1.165, 1.54) is 5.56 Å². The summed E-state index contributed by atoms with van der Waals surface area (Å²) < 4.78 is 0. The summed E-state index contributed by atoms with van der Waals surface area (Å²) in [6.45, 7) is 0. The molecule has 1 aromatic carbocycles. The van der Waals surface area contributed by atoms with Gasteiger partial charge < -0.3 is 17.5 Å². The van der Waals surface area contributed by atoms with E-state index in [9.17, 15) is 5.11 Å². The predicted molar refractivity (Wildman–Crippen MR) is 59.8 cm³/mol. The standard InChI is InChI=1S/C13H13NO.ClH/c15-13-7-4-10-14-12(13)9-8-11-5-2-1-3-6-11;/h1-7,10,15H,8-9H2;1H/p-1. The Morgan fingerprint density at radius 2 is 1.69 bits per heavy atom. The molecular formula is C13H13ClNO-. The quantitative estimate of drug-likeness (QED) is 0.783. The lowest BCUT2D eigenvalue weighted by Crippen LogP contribution is -3.00. The molecule has 0 unspecified atom stereocenters. The topological polar surface area (TPSA) is 33.1 Å². The Morgan fingerprint density at radius 3 is 2.38 bits per heavy atom. The predicted octanol–water partition coefficient (Wildman–Crippen LogP) is -0.424. The number of rotatable bonds is 3. The normalized spacial score (nSPS) is 9.50. The van der Waals surface area contributed by atoms with Gasteiger partial charge >= 0.3 is 0 Å². The van der Waals surface area contributed by atoms with Crippen molar-refractivity contribution in [3.8, 4) is 5.75 Å². The second-order valence-corrected chi connectivity index (χ2v) is 3.45. The average Bonchev–Trinajstić information content (AvgIpc) is 2.29. The third kappa shape index (κ3) is 3.24. The van der Waals surface area contributed by atoms with Crippen molar-refractivity contribution in [1.82, 2.24) is 4.98 Å². The van der Waals surface area contributed by atoms with Crippen molar-refractivity contribution >= 4 is 0 Å². The monoisotopic (exact) mass is 234 g/mol. The molecule has 0 saturated carbocycles. The lowest BCUT2D eigenvalue weighted by molar-refractivity contribution is -0.00000407. The van der Waals surface area contributed by atoms with Crippen molar-refractivity contribution in [1.29, 1.82) is 0 Å². The number of benzene rings is 1. The Morgan fingerprint density at radius 1 is 0.938 bits per heavy atom. The number of hydrogen-bond acceptors (Lipinski definition) is 2. The van der Waals surface area contributed by atoms with Crippen LogP contribution in [0.4, 0.5) is 0 Å². The van der Waals surface area contributed by atoms with Crippen LogP contribution in [0, 0.1) is 0 Å². The van der Waals surface area contributed by atoms with Gasteiger partial charge in [0, 0.05) is 6.20 Å². The summed E-state index contributed by atoms with van der Waals surface area (Å²) in [5.41, 5.74) is 2.03. The van der Waals surface area contributed by atoms with E-state index < -0.39 is 0 Å². The van der Waals surface area contributed by atoms with Crippen molar-refractivity contribution in [3.63, 3.8) is 0 Å². The highest BCUT2D eigenvalue weighted by Crippen LogP contribution is 2.15. The maximum atomic E-state index is 9.53. The summed E-state index contributed by atoms with van der Waals surface area (Å²) in [7, 11) is 0. The van der Waals surface area contributed by atoms with E-state index in [2.05, 4.69) is 17.1 Å². The smallest absolute Gasteiger partial charge is 0.137 e. The van der Waals surface area contributed by atoms with E-state index in [1.54, 1.807) is 18.3 Å². The van der Waals surface area contributed by atoms with Crippen LogP contribution in [0.2, 0.25) is 0 Å². The van der Waals surface area contributed by atoms with Crippen LogP contribution in [0.3, 0.4) is 0 Å². The van der Waals surface area contributed by atoms with E-state index >= 15 is 0 Å². The molecule has 2 aromatic rings. The van der Waals surface area contributed by atoms with Gasteiger partial charge in [0.05, 0.1) is 5.69 Å². The van der Waals surface area contributed by atoms with Gasteiger partial charge in [0.25, 0.3) is 0 Å². The maximum Gasteiger partial charge on any atom is 0.137 e. The minimum Gasteiger partial charge on any atom is -1.00 e. The molecule has 0 radical (unpaired) electrons. The van der Waals surface area contributed by atoms with E-state index in [0.717, 1.165) is 18.5 Å². The number of nitrogens with zero attached hydrogens (tertiary/aromatic N) is 1. The second kappa shape index (κ2) is 6.13. The van der Waals surface area contributed by atoms with Crippen LogP contribution in [-0.2, 0) is 12.8 Å². The van der Waals surface area contributed by atoms with Crippen LogP contribution < -0.4 is 12.4 Å². The first-order chi connectivity index (χ1) is 7.36. The number of aromatic hydroxyl groups is 1. The molecule has 1 N–H and O–H groups in total. The molecular weight excluding hydrogens is 222 g/mol. The Labute approximate surface area is 101 Å². The average molecular weight is 235 g/mol. The molecule has 0 aliphatic rings. The Kier molecular flexibility index (Phi) is 4.80. The number of pyridine rings is 1. The molecule has 0 aliphatic heterocycles. The molecule has 0 spiro atoms. The molecule has 3 heteroatoms. The molecule has 0 aliphatic carbocycles. The van der Waals surface area contributed by atoms with Crippen LogP contribution in [0.5, 0.6) is 5.75 Å². The van der Waals surface area contributed by atoms with Gasteiger partial charge in [0.2, 0.25) is 0 Å². The van der Waals surface area contributed by atoms with Crippen molar-refractivity contribution in [2.45, 2.75) is 12.8 Å². The van der Waals surface area contributed by atoms with Crippen molar-refractivity contribution in [2.75, 3.05) is 0 Å². The highest BCUT2D eigenvalue weighted by Gasteiger charge is 2.01. The van der Waals surface area contributed by atoms with Crippen molar-refractivity contribution in [3.05, 3.63) is 59.9 Å². The molecule has 1 aromatic heterocycles. The molecule has 1 heterocycles. The van der Waals surface area contributed by atoms with Crippen LogP contribution >= 0.6 is 0 Å². The van der Waals surface area contributed by atoms with Crippen LogP contribution in [0.15, 0.2) is 48.7 Å². The number of hydrogen-bond donors (Lipinski definition) is 1. The number of aromatic nitrogens is 1. The highest BCUT2D eigenvalue weighted by molar-refractivity contribution is 5.26. The van der Waals surface area contributed by atoms with E-state index in [0.29, 0.717) is 0 Å². The first-order valence-corrected chi connectivity index (χ1v) is 5.03. The van der Waals surface area contributed by atoms with Crippen LogP contribution in [-0.4, -0.2) is 10.1 Å². The summed E-state index contributed by atoms with van der Waals surface area (Å²) in [4.78, 5) is 4.14.